The summed E-state index contributed by atoms with van der Waals surface area (Å²) in [6.07, 6.45) is 13.9. The highest BCUT2D eigenvalue weighted by Crippen LogP contribution is 2.32. The first-order valence-corrected chi connectivity index (χ1v) is 13.3. The Balaban J connectivity index is 2.42. The SMILES string of the molecule is C=C(c1ccc(C(/C=C(C)/C(/C=C\C)=C/C(C)C(C)(C)C)=C/N(C)C)c(C)c1)N1CCC(C)CC1. The van der Waals surface area contributed by atoms with Gasteiger partial charge in [-0.15, -0.1) is 0 Å². The number of hydrogen-bond donors (Lipinski definition) is 0. The summed E-state index contributed by atoms with van der Waals surface area (Å²) in [5, 5.41) is 0. The number of aryl methyl sites for hydroxylation is 1. The van der Waals surface area contributed by atoms with E-state index < -0.39 is 0 Å². The molecule has 0 N–H and O–H groups in total. The van der Waals surface area contributed by atoms with Gasteiger partial charge in [0.15, 0.2) is 0 Å². The van der Waals surface area contributed by atoms with Crippen molar-refractivity contribution in [2.45, 2.75) is 68.2 Å². The van der Waals surface area contributed by atoms with Crippen LogP contribution in [0.2, 0.25) is 0 Å². The maximum atomic E-state index is 4.45. The number of rotatable bonds is 8. The van der Waals surface area contributed by atoms with E-state index in [2.05, 4.69) is 135 Å². The molecule has 1 aliphatic heterocycles. The second kappa shape index (κ2) is 12.5. The molecule has 1 unspecified atom stereocenters. The Morgan fingerprint density at radius 2 is 1.80 bits per heavy atom. The van der Waals surface area contributed by atoms with Crippen LogP contribution in [0.1, 0.15) is 78.0 Å². The van der Waals surface area contributed by atoms with Gasteiger partial charge in [0.1, 0.15) is 0 Å². The number of allylic oxidation sites excluding steroid dienone is 7. The van der Waals surface area contributed by atoms with Gasteiger partial charge >= 0.3 is 0 Å². The maximum Gasteiger partial charge on any atom is 0.0366 e. The van der Waals surface area contributed by atoms with Crippen molar-refractivity contribution in [3.05, 3.63) is 83.1 Å². The normalized spacial score (nSPS) is 17.8. The van der Waals surface area contributed by atoms with Crippen molar-refractivity contribution in [3.8, 4) is 0 Å². The standard InChI is InChI=1S/C33H50N2/c1-12-13-29(22-27(5)33(7,8)9)25(3)20-31(23-34(10)11)32-15-14-30(21-26(32)4)28(6)35-18-16-24(2)17-19-35/h12-15,20-24,27H,6,16-19H2,1-5,7-11H3/b13-12-,25-20+,29-22+,31-23+. The zero-order valence-corrected chi connectivity index (χ0v) is 24.2. The minimum absolute atomic E-state index is 0.233. The highest BCUT2D eigenvalue weighted by molar-refractivity contribution is 5.79. The van der Waals surface area contributed by atoms with Crippen LogP contribution in [0.4, 0.5) is 0 Å². The molecule has 192 valence electrons. The van der Waals surface area contributed by atoms with Crippen LogP contribution in [0.5, 0.6) is 0 Å². The molecule has 2 heteroatoms. The average molecular weight is 475 g/mol. The number of piperidine rings is 1. The molecule has 35 heavy (non-hydrogen) atoms. The van der Waals surface area contributed by atoms with Gasteiger partial charge in [-0.2, -0.15) is 0 Å². The fourth-order valence-electron chi connectivity index (χ4n) is 4.42. The predicted molar refractivity (Wildman–Crippen MR) is 157 cm³/mol. The van der Waals surface area contributed by atoms with E-state index in [0.717, 1.165) is 24.7 Å². The lowest BCUT2D eigenvalue weighted by Crippen LogP contribution is -2.31. The Morgan fingerprint density at radius 3 is 2.31 bits per heavy atom. The molecule has 1 fully saturated rings. The molecule has 2 nitrogen and oxygen atoms in total. The zero-order chi connectivity index (χ0) is 26.3. The molecule has 1 aliphatic rings. The van der Waals surface area contributed by atoms with E-state index in [1.54, 1.807) is 0 Å². The molecule has 2 rings (SSSR count). The lowest BCUT2D eigenvalue weighted by molar-refractivity contribution is 0.268. The quantitative estimate of drug-likeness (QED) is 0.347. The number of likely N-dealkylation sites (tertiary alicyclic amines) is 1. The summed E-state index contributed by atoms with van der Waals surface area (Å²) in [6, 6.07) is 6.84. The molecule has 0 amide bonds. The minimum Gasteiger partial charge on any atom is -0.383 e. The molecule has 0 spiro atoms. The van der Waals surface area contributed by atoms with Crippen LogP contribution in [0, 0.1) is 24.2 Å². The van der Waals surface area contributed by atoms with Gasteiger partial charge in [0.2, 0.25) is 0 Å². The Morgan fingerprint density at radius 1 is 1.17 bits per heavy atom. The van der Waals surface area contributed by atoms with Crippen LogP contribution in [-0.4, -0.2) is 37.0 Å². The van der Waals surface area contributed by atoms with Crippen LogP contribution in [-0.2, 0) is 0 Å². The molecular weight excluding hydrogens is 424 g/mol. The van der Waals surface area contributed by atoms with Crippen LogP contribution in [0.25, 0.3) is 11.3 Å². The maximum absolute atomic E-state index is 4.45. The van der Waals surface area contributed by atoms with Crippen molar-refractivity contribution in [2.24, 2.45) is 17.3 Å². The third-order valence-corrected chi connectivity index (χ3v) is 7.40. The molecule has 0 radical (unpaired) electrons. The van der Waals surface area contributed by atoms with Crippen LogP contribution in [0.15, 0.2) is 66.4 Å². The van der Waals surface area contributed by atoms with Gasteiger partial charge < -0.3 is 9.80 Å². The number of nitrogens with zero attached hydrogens (tertiary/aromatic N) is 2. The summed E-state index contributed by atoms with van der Waals surface area (Å²) in [5.74, 6) is 1.30. The Hall–Kier alpha value is -2.48. The summed E-state index contributed by atoms with van der Waals surface area (Å²) in [5.41, 5.74) is 8.98. The highest BCUT2D eigenvalue weighted by Gasteiger charge is 2.19. The van der Waals surface area contributed by atoms with Gasteiger partial charge in [0.05, 0.1) is 0 Å². The Bertz CT molecular complexity index is 986. The Kier molecular flexibility index (Phi) is 10.2. The molecule has 0 saturated carbocycles. The second-order valence-electron chi connectivity index (χ2n) is 11.8. The molecule has 1 heterocycles. The van der Waals surface area contributed by atoms with Gasteiger partial charge in [-0.3, -0.25) is 0 Å². The number of hydrogen-bond acceptors (Lipinski definition) is 2. The first-order chi connectivity index (χ1) is 16.3. The van der Waals surface area contributed by atoms with E-state index in [4.69, 9.17) is 0 Å². The molecule has 1 atom stereocenters. The molecule has 0 aliphatic carbocycles. The average Bonchev–Trinajstić information content (AvgIpc) is 2.77. The monoisotopic (exact) mass is 474 g/mol. The van der Waals surface area contributed by atoms with E-state index in [9.17, 15) is 0 Å². The van der Waals surface area contributed by atoms with Crippen molar-refractivity contribution in [3.63, 3.8) is 0 Å². The third-order valence-electron chi connectivity index (χ3n) is 7.40. The summed E-state index contributed by atoms with van der Waals surface area (Å²) in [4.78, 5) is 4.59. The fourth-order valence-corrected chi connectivity index (χ4v) is 4.42. The lowest BCUT2D eigenvalue weighted by Gasteiger charge is -2.33. The van der Waals surface area contributed by atoms with Crippen molar-refractivity contribution >= 4 is 11.3 Å². The van der Waals surface area contributed by atoms with Gasteiger partial charge in [-0.25, -0.2) is 0 Å². The minimum atomic E-state index is 0.233. The van der Waals surface area contributed by atoms with E-state index in [-0.39, 0.29) is 5.41 Å². The highest BCUT2D eigenvalue weighted by atomic mass is 15.1. The van der Waals surface area contributed by atoms with Gasteiger partial charge in [0, 0.05) is 39.1 Å². The summed E-state index contributed by atoms with van der Waals surface area (Å²) in [7, 11) is 4.19. The van der Waals surface area contributed by atoms with Crippen LogP contribution >= 0.6 is 0 Å². The lowest BCUT2D eigenvalue weighted by atomic mass is 9.80. The summed E-state index contributed by atoms with van der Waals surface area (Å²) >= 11 is 0. The second-order valence-corrected chi connectivity index (χ2v) is 11.8. The van der Waals surface area contributed by atoms with Gasteiger partial charge in [-0.05, 0) is 96.4 Å². The first-order valence-electron chi connectivity index (χ1n) is 13.3. The largest absolute Gasteiger partial charge is 0.383 e. The first kappa shape index (κ1) is 28.8. The van der Waals surface area contributed by atoms with Crippen LogP contribution in [0.3, 0.4) is 0 Å². The zero-order valence-electron chi connectivity index (χ0n) is 24.2. The van der Waals surface area contributed by atoms with E-state index in [1.165, 1.54) is 46.3 Å². The summed E-state index contributed by atoms with van der Waals surface area (Å²) < 4.78 is 0. The topological polar surface area (TPSA) is 6.48 Å². The number of benzene rings is 1. The van der Waals surface area contributed by atoms with Crippen molar-refractivity contribution in [1.82, 2.24) is 9.80 Å². The predicted octanol–water partition coefficient (Wildman–Crippen LogP) is 8.73. The van der Waals surface area contributed by atoms with Crippen LogP contribution < -0.4 is 0 Å². The molecule has 1 aromatic carbocycles. The van der Waals surface area contributed by atoms with E-state index in [0.29, 0.717) is 5.92 Å². The molecule has 0 bridgehead atoms. The molecular formula is C33H50N2. The fraction of sp³-hybridized carbons (Fsp3) is 0.515. The van der Waals surface area contributed by atoms with Crippen molar-refractivity contribution in [2.75, 3.05) is 27.2 Å². The molecule has 1 saturated heterocycles. The van der Waals surface area contributed by atoms with Gasteiger partial charge in [-0.1, -0.05) is 71.6 Å². The van der Waals surface area contributed by atoms with Crippen molar-refractivity contribution in [1.29, 1.82) is 0 Å². The van der Waals surface area contributed by atoms with E-state index >= 15 is 0 Å². The smallest absolute Gasteiger partial charge is 0.0366 e. The van der Waals surface area contributed by atoms with Crippen molar-refractivity contribution < 1.29 is 0 Å². The van der Waals surface area contributed by atoms with Gasteiger partial charge in [0.25, 0.3) is 0 Å². The molecule has 1 aromatic rings. The summed E-state index contributed by atoms with van der Waals surface area (Å²) in [6.45, 7) is 24.8. The Labute approximate surface area is 216 Å². The van der Waals surface area contributed by atoms with E-state index in [1.807, 2.05) is 0 Å². The third kappa shape index (κ3) is 8.30. The molecule has 0 aromatic heterocycles.